The lowest BCUT2D eigenvalue weighted by atomic mass is 10.3. The highest BCUT2D eigenvalue weighted by molar-refractivity contribution is 5.89. The number of carbonyl (C=O) groups is 1. The number of benzene rings is 1. The molecule has 1 heterocycles. The molecule has 6 nitrogen and oxygen atoms in total. The number of aromatic nitrogens is 2. The molecule has 6 heteroatoms. The maximum absolute atomic E-state index is 11.7. The van der Waals surface area contributed by atoms with Gasteiger partial charge in [0.25, 0.3) is 0 Å². The molecule has 0 saturated heterocycles. The number of amides is 2. The van der Waals surface area contributed by atoms with Crippen molar-refractivity contribution >= 4 is 11.7 Å². The average Bonchev–Trinajstić information content (AvgIpc) is 2.77. The fraction of sp³-hybridized carbons (Fsp3) is 0.250. The molecule has 0 bridgehead atoms. The second kappa shape index (κ2) is 5.31. The second-order valence-corrected chi connectivity index (χ2v) is 3.86. The Bertz CT molecular complexity index is 524. The minimum Gasteiger partial charge on any atom is -0.340 e. The molecule has 1 aromatic heterocycles. The molecule has 0 fully saturated rings. The van der Waals surface area contributed by atoms with Crippen LogP contribution in [0.1, 0.15) is 24.7 Å². The van der Waals surface area contributed by atoms with Gasteiger partial charge in [-0.05, 0) is 19.1 Å². The van der Waals surface area contributed by atoms with E-state index in [-0.39, 0.29) is 12.1 Å². The van der Waals surface area contributed by atoms with Crippen molar-refractivity contribution in [1.82, 2.24) is 15.5 Å². The van der Waals surface area contributed by atoms with Crippen molar-refractivity contribution < 1.29 is 9.32 Å². The maximum atomic E-state index is 11.7. The molecule has 0 radical (unpaired) electrons. The topological polar surface area (TPSA) is 80.0 Å². The standard InChI is InChI=1S/C12H14N4O2/c1-8(11-14-9(2)18-16-11)13-12(17)15-10-6-4-3-5-7-10/h3-8H,1-2H3,(H2,13,15,17). The van der Waals surface area contributed by atoms with Crippen LogP contribution in [0, 0.1) is 6.92 Å². The Kier molecular flexibility index (Phi) is 3.57. The summed E-state index contributed by atoms with van der Waals surface area (Å²) in [5, 5.41) is 9.18. The van der Waals surface area contributed by atoms with Crippen LogP contribution in [0.3, 0.4) is 0 Å². The van der Waals surface area contributed by atoms with E-state index in [0.29, 0.717) is 11.7 Å². The van der Waals surface area contributed by atoms with Crippen molar-refractivity contribution in [3.63, 3.8) is 0 Å². The van der Waals surface area contributed by atoms with Gasteiger partial charge in [-0.3, -0.25) is 0 Å². The number of aryl methyl sites for hydroxylation is 1. The Morgan fingerprint density at radius 1 is 1.33 bits per heavy atom. The highest BCUT2D eigenvalue weighted by Crippen LogP contribution is 2.09. The highest BCUT2D eigenvalue weighted by Gasteiger charge is 2.14. The van der Waals surface area contributed by atoms with Gasteiger partial charge in [-0.2, -0.15) is 4.98 Å². The Morgan fingerprint density at radius 2 is 2.06 bits per heavy atom. The normalized spacial score (nSPS) is 11.9. The smallest absolute Gasteiger partial charge is 0.319 e. The largest absolute Gasteiger partial charge is 0.340 e. The zero-order valence-corrected chi connectivity index (χ0v) is 10.2. The van der Waals surface area contributed by atoms with Crippen LogP contribution in [0.25, 0.3) is 0 Å². The molecule has 94 valence electrons. The van der Waals surface area contributed by atoms with Crippen LogP contribution in [0.4, 0.5) is 10.5 Å². The summed E-state index contributed by atoms with van der Waals surface area (Å²) in [6, 6.07) is 8.57. The SMILES string of the molecule is Cc1nc(C(C)NC(=O)Nc2ccccc2)no1. The number of para-hydroxylation sites is 1. The Hall–Kier alpha value is -2.37. The molecule has 0 saturated carbocycles. The number of hydrogen-bond donors (Lipinski definition) is 2. The second-order valence-electron chi connectivity index (χ2n) is 3.86. The fourth-order valence-electron chi connectivity index (χ4n) is 1.44. The number of anilines is 1. The van der Waals surface area contributed by atoms with Crippen LogP contribution in [0.2, 0.25) is 0 Å². The molecular formula is C12H14N4O2. The molecule has 2 N–H and O–H groups in total. The summed E-state index contributed by atoms with van der Waals surface area (Å²) in [5.41, 5.74) is 0.728. The summed E-state index contributed by atoms with van der Waals surface area (Å²) in [5.74, 6) is 0.929. The van der Waals surface area contributed by atoms with Crippen LogP contribution in [0.15, 0.2) is 34.9 Å². The number of nitrogens with zero attached hydrogens (tertiary/aromatic N) is 2. The van der Waals surface area contributed by atoms with Gasteiger partial charge in [-0.15, -0.1) is 0 Å². The van der Waals surface area contributed by atoms with E-state index >= 15 is 0 Å². The number of carbonyl (C=O) groups excluding carboxylic acids is 1. The summed E-state index contributed by atoms with van der Waals surface area (Å²) in [7, 11) is 0. The van der Waals surface area contributed by atoms with Crippen molar-refractivity contribution in [1.29, 1.82) is 0 Å². The molecular weight excluding hydrogens is 232 g/mol. The molecule has 0 spiro atoms. The number of rotatable bonds is 3. The third-order valence-corrected chi connectivity index (χ3v) is 2.31. The quantitative estimate of drug-likeness (QED) is 0.870. The zero-order valence-electron chi connectivity index (χ0n) is 10.2. The van der Waals surface area contributed by atoms with E-state index in [0.717, 1.165) is 5.69 Å². The van der Waals surface area contributed by atoms with Gasteiger partial charge in [0.2, 0.25) is 5.89 Å². The number of nitrogens with one attached hydrogen (secondary N) is 2. The molecule has 2 aromatic rings. The van der Waals surface area contributed by atoms with Gasteiger partial charge in [-0.25, -0.2) is 4.79 Å². The predicted molar refractivity (Wildman–Crippen MR) is 66.0 cm³/mol. The van der Waals surface area contributed by atoms with E-state index in [4.69, 9.17) is 4.52 Å². The van der Waals surface area contributed by atoms with Gasteiger partial charge < -0.3 is 15.2 Å². The van der Waals surface area contributed by atoms with E-state index in [1.165, 1.54) is 0 Å². The van der Waals surface area contributed by atoms with Gasteiger partial charge in [0.1, 0.15) is 0 Å². The Morgan fingerprint density at radius 3 is 2.67 bits per heavy atom. The summed E-state index contributed by atoms with van der Waals surface area (Å²) < 4.78 is 4.85. The first kappa shape index (κ1) is 12.1. The van der Waals surface area contributed by atoms with Crippen molar-refractivity contribution in [2.45, 2.75) is 19.9 Å². The molecule has 1 aromatic carbocycles. The van der Waals surface area contributed by atoms with Gasteiger partial charge in [-0.1, -0.05) is 23.4 Å². The molecule has 0 aliphatic carbocycles. The monoisotopic (exact) mass is 246 g/mol. The van der Waals surface area contributed by atoms with Crippen LogP contribution < -0.4 is 10.6 Å². The van der Waals surface area contributed by atoms with Gasteiger partial charge >= 0.3 is 6.03 Å². The predicted octanol–water partition coefficient (Wildman–Crippen LogP) is 2.26. The molecule has 0 aliphatic heterocycles. The third kappa shape index (κ3) is 3.07. The van der Waals surface area contributed by atoms with E-state index in [1.807, 2.05) is 30.3 Å². The van der Waals surface area contributed by atoms with Crippen LogP contribution in [0.5, 0.6) is 0 Å². The third-order valence-electron chi connectivity index (χ3n) is 2.31. The highest BCUT2D eigenvalue weighted by atomic mass is 16.5. The average molecular weight is 246 g/mol. The summed E-state index contributed by atoms with van der Waals surface area (Å²) in [4.78, 5) is 15.7. The molecule has 0 aliphatic rings. The Labute approximate surface area is 104 Å². The lowest BCUT2D eigenvalue weighted by molar-refractivity contribution is 0.248. The first-order chi connectivity index (χ1) is 8.65. The van der Waals surface area contributed by atoms with E-state index in [2.05, 4.69) is 20.8 Å². The minimum atomic E-state index is -0.314. The first-order valence-electron chi connectivity index (χ1n) is 5.58. The summed E-state index contributed by atoms with van der Waals surface area (Å²) >= 11 is 0. The van der Waals surface area contributed by atoms with Crippen molar-refractivity contribution in [2.75, 3.05) is 5.32 Å². The van der Waals surface area contributed by atoms with Crippen molar-refractivity contribution in [3.05, 3.63) is 42.0 Å². The number of urea groups is 1. The van der Waals surface area contributed by atoms with E-state index < -0.39 is 0 Å². The first-order valence-corrected chi connectivity index (χ1v) is 5.58. The summed E-state index contributed by atoms with van der Waals surface area (Å²) in [6.07, 6.45) is 0. The summed E-state index contributed by atoms with van der Waals surface area (Å²) in [6.45, 7) is 3.49. The van der Waals surface area contributed by atoms with Crippen LogP contribution >= 0.6 is 0 Å². The zero-order chi connectivity index (χ0) is 13.0. The van der Waals surface area contributed by atoms with Gasteiger partial charge in [0.05, 0.1) is 6.04 Å². The number of hydrogen-bond acceptors (Lipinski definition) is 4. The lowest BCUT2D eigenvalue weighted by Gasteiger charge is -2.11. The van der Waals surface area contributed by atoms with Gasteiger partial charge in [0.15, 0.2) is 5.82 Å². The lowest BCUT2D eigenvalue weighted by Crippen LogP contribution is -2.31. The maximum Gasteiger partial charge on any atom is 0.319 e. The Balaban J connectivity index is 1.92. The fourth-order valence-corrected chi connectivity index (χ4v) is 1.44. The van der Waals surface area contributed by atoms with Crippen molar-refractivity contribution in [3.8, 4) is 0 Å². The van der Waals surface area contributed by atoms with Crippen LogP contribution in [-0.4, -0.2) is 16.2 Å². The molecule has 2 amide bonds. The minimum absolute atomic E-state index is 0.309. The molecule has 1 atom stereocenters. The molecule has 1 unspecified atom stereocenters. The molecule has 2 rings (SSSR count). The van der Waals surface area contributed by atoms with E-state index in [1.54, 1.807) is 13.8 Å². The van der Waals surface area contributed by atoms with E-state index in [9.17, 15) is 4.79 Å². The van der Waals surface area contributed by atoms with Crippen molar-refractivity contribution in [2.24, 2.45) is 0 Å². The van der Waals surface area contributed by atoms with Crippen LogP contribution in [-0.2, 0) is 0 Å². The van der Waals surface area contributed by atoms with Gasteiger partial charge in [0, 0.05) is 12.6 Å². The molecule has 18 heavy (non-hydrogen) atoms.